The Kier molecular flexibility index (Phi) is 7.72. The first-order chi connectivity index (χ1) is 7.25. The lowest BCUT2D eigenvalue weighted by Gasteiger charge is -2.12. The molecule has 16 heavy (non-hydrogen) atoms. The summed E-state index contributed by atoms with van der Waals surface area (Å²) in [4.78, 5) is 11.7. The first kappa shape index (κ1) is 15.7. The fourth-order valence-corrected chi connectivity index (χ4v) is 1.64. The quantitative estimate of drug-likeness (QED) is 0.631. The molecule has 5 heteroatoms. The zero-order valence-corrected chi connectivity index (χ0v) is 11.0. The molecule has 0 unspecified atom stereocenters. The topological polar surface area (TPSA) is 50.4 Å². The van der Waals surface area contributed by atoms with E-state index in [1.807, 2.05) is 0 Å². The lowest BCUT2D eigenvalue weighted by atomic mass is 10.0. The van der Waals surface area contributed by atoms with E-state index in [1.165, 1.54) is 0 Å². The van der Waals surface area contributed by atoms with Crippen LogP contribution in [0, 0.1) is 5.41 Å². The second-order valence-electron chi connectivity index (χ2n) is 4.13. The first-order valence-corrected chi connectivity index (χ1v) is 5.73. The van der Waals surface area contributed by atoms with Crippen molar-refractivity contribution in [1.29, 1.82) is 0 Å². The van der Waals surface area contributed by atoms with Crippen LogP contribution in [0.5, 0.6) is 0 Å². The summed E-state index contributed by atoms with van der Waals surface area (Å²) in [6, 6.07) is 0. The van der Waals surface area contributed by atoms with E-state index in [1.54, 1.807) is 7.11 Å². The average Bonchev–Trinajstić information content (AvgIpc) is 3.03. The fourth-order valence-electron chi connectivity index (χ4n) is 1.64. The van der Waals surface area contributed by atoms with Crippen molar-refractivity contribution in [2.45, 2.75) is 26.2 Å². The molecule has 0 aromatic rings. The van der Waals surface area contributed by atoms with Crippen molar-refractivity contribution >= 4 is 18.3 Å². The molecule has 0 aliphatic heterocycles. The van der Waals surface area contributed by atoms with Gasteiger partial charge in [-0.1, -0.05) is 6.92 Å². The van der Waals surface area contributed by atoms with Gasteiger partial charge < -0.3 is 15.4 Å². The number of carbonyl (C=O) groups is 1. The molecule has 1 aliphatic rings. The molecule has 0 radical (unpaired) electrons. The van der Waals surface area contributed by atoms with Gasteiger partial charge in [0.2, 0.25) is 5.91 Å². The van der Waals surface area contributed by atoms with Crippen molar-refractivity contribution in [2.75, 3.05) is 33.4 Å². The van der Waals surface area contributed by atoms with E-state index in [-0.39, 0.29) is 23.7 Å². The number of ether oxygens (including phenoxy) is 1. The highest BCUT2D eigenvalue weighted by molar-refractivity contribution is 5.85. The number of carbonyl (C=O) groups excluding carboxylic acids is 1. The minimum absolute atomic E-state index is 0. The number of rotatable bonds is 8. The van der Waals surface area contributed by atoms with Crippen LogP contribution in [-0.4, -0.2) is 39.3 Å². The van der Waals surface area contributed by atoms with E-state index in [0.29, 0.717) is 13.2 Å². The summed E-state index contributed by atoms with van der Waals surface area (Å²) in [5.41, 5.74) is -0.00741. The molecule has 0 aromatic carbocycles. The summed E-state index contributed by atoms with van der Waals surface area (Å²) >= 11 is 0. The maximum Gasteiger partial charge on any atom is 0.226 e. The van der Waals surface area contributed by atoms with Crippen LogP contribution < -0.4 is 10.6 Å². The van der Waals surface area contributed by atoms with Crippen LogP contribution in [0.1, 0.15) is 26.2 Å². The number of amides is 1. The smallest absolute Gasteiger partial charge is 0.226 e. The molecule has 0 atom stereocenters. The average molecular weight is 251 g/mol. The standard InChI is InChI=1S/C11H22N2O2.ClH/c1-3-11(4-5-11)10(14)13-7-6-12-8-9-15-2;/h12H,3-9H2,1-2H3,(H,13,14);1H. The third kappa shape index (κ3) is 4.68. The Labute approximate surface area is 104 Å². The lowest BCUT2D eigenvalue weighted by molar-refractivity contribution is -0.126. The summed E-state index contributed by atoms with van der Waals surface area (Å²) in [5.74, 6) is 0.235. The number of halogens is 1. The van der Waals surface area contributed by atoms with Crippen molar-refractivity contribution in [3.05, 3.63) is 0 Å². The van der Waals surface area contributed by atoms with Crippen LogP contribution in [0.2, 0.25) is 0 Å². The Morgan fingerprint density at radius 1 is 1.31 bits per heavy atom. The SMILES string of the molecule is CCC1(C(=O)NCCNCCOC)CC1.Cl. The molecule has 1 rings (SSSR count). The third-order valence-corrected chi connectivity index (χ3v) is 3.08. The van der Waals surface area contributed by atoms with Crippen LogP contribution >= 0.6 is 12.4 Å². The molecule has 0 aromatic heterocycles. The van der Waals surface area contributed by atoms with Crippen molar-refractivity contribution in [3.63, 3.8) is 0 Å². The van der Waals surface area contributed by atoms with E-state index in [9.17, 15) is 4.79 Å². The van der Waals surface area contributed by atoms with Crippen molar-refractivity contribution in [3.8, 4) is 0 Å². The van der Waals surface area contributed by atoms with Gasteiger partial charge >= 0.3 is 0 Å². The summed E-state index contributed by atoms with van der Waals surface area (Å²) < 4.78 is 4.90. The van der Waals surface area contributed by atoms with Gasteiger partial charge in [0, 0.05) is 32.2 Å². The molecule has 1 saturated carbocycles. The van der Waals surface area contributed by atoms with Gasteiger partial charge in [0.25, 0.3) is 0 Å². The Hall–Kier alpha value is -0.320. The van der Waals surface area contributed by atoms with Crippen LogP contribution in [0.25, 0.3) is 0 Å². The van der Waals surface area contributed by atoms with E-state index >= 15 is 0 Å². The molecule has 0 spiro atoms. The minimum atomic E-state index is -0.00741. The number of methoxy groups -OCH3 is 1. The van der Waals surface area contributed by atoms with Crippen LogP contribution in [0.15, 0.2) is 0 Å². The number of hydrogen-bond acceptors (Lipinski definition) is 3. The summed E-state index contributed by atoms with van der Waals surface area (Å²) in [5, 5.41) is 6.16. The Balaban J connectivity index is 0.00000225. The van der Waals surface area contributed by atoms with Crippen LogP contribution in [0.3, 0.4) is 0 Å². The largest absolute Gasteiger partial charge is 0.383 e. The van der Waals surface area contributed by atoms with Gasteiger partial charge in [-0.05, 0) is 19.3 Å². The van der Waals surface area contributed by atoms with E-state index in [2.05, 4.69) is 17.6 Å². The van der Waals surface area contributed by atoms with E-state index in [0.717, 1.165) is 32.4 Å². The summed E-state index contributed by atoms with van der Waals surface area (Å²) in [6.45, 7) is 5.17. The zero-order chi connectivity index (χ0) is 11.1. The van der Waals surface area contributed by atoms with Gasteiger partial charge in [0.15, 0.2) is 0 Å². The zero-order valence-electron chi connectivity index (χ0n) is 10.2. The second kappa shape index (κ2) is 7.87. The molecule has 0 heterocycles. The van der Waals surface area contributed by atoms with Crippen LogP contribution in [-0.2, 0) is 9.53 Å². The normalized spacial score (nSPS) is 16.4. The fraction of sp³-hybridized carbons (Fsp3) is 0.909. The molecule has 0 bridgehead atoms. The molecular weight excluding hydrogens is 228 g/mol. The van der Waals surface area contributed by atoms with Gasteiger partial charge in [-0.2, -0.15) is 0 Å². The van der Waals surface area contributed by atoms with Gasteiger partial charge in [-0.25, -0.2) is 0 Å². The highest BCUT2D eigenvalue weighted by atomic mass is 35.5. The Morgan fingerprint density at radius 3 is 2.50 bits per heavy atom. The van der Waals surface area contributed by atoms with Crippen LogP contribution in [0.4, 0.5) is 0 Å². The monoisotopic (exact) mass is 250 g/mol. The van der Waals surface area contributed by atoms with E-state index in [4.69, 9.17) is 4.74 Å². The molecule has 2 N–H and O–H groups in total. The Bertz CT molecular complexity index is 208. The molecular formula is C11H23ClN2O2. The highest BCUT2D eigenvalue weighted by Gasteiger charge is 2.47. The first-order valence-electron chi connectivity index (χ1n) is 5.73. The summed E-state index contributed by atoms with van der Waals surface area (Å²) in [6.07, 6.45) is 3.09. The number of nitrogens with one attached hydrogen (secondary N) is 2. The van der Waals surface area contributed by atoms with Crippen molar-refractivity contribution in [1.82, 2.24) is 10.6 Å². The molecule has 0 saturated heterocycles. The molecule has 96 valence electrons. The maximum absolute atomic E-state index is 11.7. The van der Waals surface area contributed by atoms with Crippen molar-refractivity contribution in [2.24, 2.45) is 5.41 Å². The molecule has 4 nitrogen and oxygen atoms in total. The molecule has 1 aliphatic carbocycles. The minimum Gasteiger partial charge on any atom is -0.383 e. The maximum atomic E-state index is 11.7. The van der Waals surface area contributed by atoms with E-state index < -0.39 is 0 Å². The van der Waals surface area contributed by atoms with Gasteiger partial charge in [-0.3, -0.25) is 4.79 Å². The number of hydrogen-bond donors (Lipinski definition) is 2. The highest BCUT2D eigenvalue weighted by Crippen LogP contribution is 2.48. The molecule has 1 amide bonds. The predicted molar refractivity (Wildman–Crippen MR) is 67.0 cm³/mol. The lowest BCUT2D eigenvalue weighted by Crippen LogP contribution is -2.37. The second-order valence-corrected chi connectivity index (χ2v) is 4.13. The predicted octanol–water partition coefficient (Wildman–Crippen LogP) is 0.951. The summed E-state index contributed by atoms with van der Waals surface area (Å²) in [7, 11) is 1.68. The van der Waals surface area contributed by atoms with Gasteiger partial charge in [-0.15, -0.1) is 12.4 Å². The van der Waals surface area contributed by atoms with Gasteiger partial charge in [0.1, 0.15) is 0 Å². The van der Waals surface area contributed by atoms with Crippen molar-refractivity contribution < 1.29 is 9.53 Å². The molecule has 1 fully saturated rings. The Morgan fingerprint density at radius 2 is 2.00 bits per heavy atom. The third-order valence-electron chi connectivity index (χ3n) is 3.08. The van der Waals surface area contributed by atoms with Gasteiger partial charge in [0.05, 0.1) is 6.61 Å².